The van der Waals surface area contributed by atoms with Crippen LogP contribution < -0.4 is 10.6 Å². The Kier molecular flexibility index (Phi) is 10.1. The first-order valence-electron chi connectivity index (χ1n) is 10.4. The van der Waals surface area contributed by atoms with E-state index >= 15 is 0 Å². The first-order chi connectivity index (χ1) is 14.6. The van der Waals surface area contributed by atoms with E-state index in [9.17, 15) is 4.79 Å². The molecule has 0 saturated carbocycles. The number of aromatic nitrogens is 1. The molecule has 7 heteroatoms. The van der Waals surface area contributed by atoms with Crippen LogP contribution in [0.4, 0.5) is 5.13 Å². The van der Waals surface area contributed by atoms with E-state index in [-0.39, 0.29) is 7.33 Å². The lowest BCUT2D eigenvalue weighted by atomic mass is 10.1. The highest BCUT2D eigenvalue weighted by molar-refractivity contribution is 7.80. The number of rotatable bonds is 4. The lowest BCUT2D eigenvalue weighted by Crippen LogP contribution is -2.46. The molecule has 5 nitrogen and oxygen atoms in total. The monoisotopic (exact) mass is 446 g/mol. The number of primary amides is 1. The molecule has 0 bridgehead atoms. The molecule has 1 aliphatic heterocycles. The Morgan fingerprint density at radius 3 is 2.33 bits per heavy atom. The average Bonchev–Trinajstić information content (AvgIpc) is 3.21. The fraction of sp³-hybridized carbons (Fsp3) is 0.391. The predicted molar refractivity (Wildman–Crippen MR) is 135 cm³/mol. The zero-order chi connectivity index (χ0) is 21.9. The fourth-order valence-corrected chi connectivity index (χ4v) is 4.25. The molecule has 0 spiro atoms. The summed E-state index contributed by atoms with van der Waals surface area (Å²) in [7, 11) is 0. The minimum absolute atomic E-state index is 0. The van der Waals surface area contributed by atoms with E-state index in [2.05, 4.69) is 40.6 Å². The van der Waals surface area contributed by atoms with Crippen molar-refractivity contribution in [2.75, 3.05) is 36.8 Å². The number of fused-ring (bicyclic) bond motifs is 1. The Balaban J connectivity index is 0.000000740. The van der Waals surface area contributed by atoms with Crippen molar-refractivity contribution in [3.63, 3.8) is 0 Å². The third-order valence-corrected chi connectivity index (χ3v) is 5.70. The van der Waals surface area contributed by atoms with Gasteiger partial charge in [-0.3, -0.25) is 9.69 Å². The zero-order valence-corrected chi connectivity index (χ0v) is 19.8. The number of carbonyl (C=O) groups excluding carboxylic acids is 1. The van der Waals surface area contributed by atoms with Crippen molar-refractivity contribution in [2.24, 2.45) is 5.73 Å². The summed E-state index contributed by atoms with van der Waals surface area (Å²) in [6, 6.07) is 15.9. The maximum absolute atomic E-state index is 11.6. The van der Waals surface area contributed by atoms with Crippen LogP contribution in [0.1, 0.15) is 38.1 Å². The summed E-state index contributed by atoms with van der Waals surface area (Å²) in [5.74, 6) is 0.587. The van der Waals surface area contributed by atoms with Gasteiger partial charge in [-0.25, -0.2) is 4.98 Å². The molecule has 2 heterocycles. The summed E-state index contributed by atoms with van der Waals surface area (Å²) in [5.41, 5.74) is 8.18. The Morgan fingerprint density at radius 2 is 1.70 bits per heavy atom. The normalized spacial score (nSPS) is 13.8. The van der Waals surface area contributed by atoms with E-state index in [0.717, 1.165) is 54.7 Å². The lowest BCUT2D eigenvalue weighted by Gasteiger charge is -2.34. The number of nitrogens with two attached hydrogens (primary N) is 1. The molecule has 1 aromatic heterocycles. The van der Waals surface area contributed by atoms with Crippen molar-refractivity contribution in [1.82, 2.24) is 9.88 Å². The number of nitrogens with zero attached hydrogens (tertiary/aromatic N) is 3. The largest absolute Gasteiger partial charge is 0.366 e. The van der Waals surface area contributed by atoms with Crippen LogP contribution in [-0.2, 0) is 6.54 Å². The van der Waals surface area contributed by atoms with Gasteiger partial charge in [0.1, 0.15) is 0 Å². The highest BCUT2D eigenvalue weighted by atomic mass is 32.1. The smallest absolute Gasteiger partial charge is 0.249 e. The fourth-order valence-electron chi connectivity index (χ4n) is 3.23. The van der Waals surface area contributed by atoms with Crippen molar-refractivity contribution >= 4 is 45.2 Å². The van der Waals surface area contributed by atoms with Gasteiger partial charge in [0.25, 0.3) is 0 Å². The topological polar surface area (TPSA) is 62.5 Å². The summed E-state index contributed by atoms with van der Waals surface area (Å²) in [4.78, 5) is 21.0. The number of hydrogen-bond donors (Lipinski definition) is 2. The maximum atomic E-state index is 11.6. The molecule has 0 radical (unpaired) electrons. The molecule has 164 valence electrons. The van der Waals surface area contributed by atoms with Crippen molar-refractivity contribution in [2.45, 2.75) is 27.3 Å². The SMILES string of the molecule is CC.CCS.NC(=O)c1ccccc1CN1CCN(c2nc3ccccc3s2)CC1.[HH]. The van der Waals surface area contributed by atoms with E-state index in [1.54, 1.807) is 17.4 Å². The van der Waals surface area contributed by atoms with Gasteiger partial charge in [0.05, 0.1) is 10.2 Å². The van der Waals surface area contributed by atoms with Gasteiger partial charge in [0.2, 0.25) is 5.91 Å². The highest BCUT2D eigenvalue weighted by Crippen LogP contribution is 2.29. The number of para-hydroxylation sites is 1. The number of hydrogen-bond acceptors (Lipinski definition) is 6. The molecule has 0 aliphatic carbocycles. The highest BCUT2D eigenvalue weighted by Gasteiger charge is 2.21. The summed E-state index contributed by atoms with van der Waals surface area (Å²) in [5, 5.41) is 1.10. The van der Waals surface area contributed by atoms with Gasteiger partial charge in [-0.1, -0.05) is 62.4 Å². The first-order valence-corrected chi connectivity index (χ1v) is 11.9. The van der Waals surface area contributed by atoms with E-state index in [1.807, 2.05) is 45.0 Å². The van der Waals surface area contributed by atoms with E-state index in [0.29, 0.717) is 5.56 Å². The third-order valence-electron chi connectivity index (χ3n) is 4.60. The van der Waals surface area contributed by atoms with Gasteiger partial charge in [-0.15, -0.1) is 0 Å². The van der Waals surface area contributed by atoms with E-state index in [1.165, 1.54) is 4.70 Å². The molecule has 1 saturated heterocycles. The average molecular weight is 447 g/mol. The minimum atomic E-state index is -0.358. The summed E-state index contributed by atoms with van der Waals surface area (Å²) < 4.78 is 1.23. The summed E-state index contributed by atoms with van der Waals surface area (Å²) >= 11 is 5.54. The molecule has 2 N–H and O–H groups in total. The molecular formula is C23H34N4OS2. The summed E-state index contributed by atoms with van der Waals surface area (Å²) in [6.45, 7) is 10.5. The van der Waals surface area contributed by atoms with Crippen LogP contribution in [0.2, 0.25) is 0 Å². The van der Waals surface area contributed by atoms with E-state index in [4.69, 9.17) is 10.7 Å². The molecular weight excluding hydrogens is 412 g/mol. The van der Waals surface area contributed by atoms with Gasteiger partial charge in [0.15, 0.2) is 5.13 Å². The van der Waals surface area contributed by atoms with Crippen LogP contribution in [0.5, 0.6) is 0 Å². The predicted octanol–water partition coefficient (Wildman–Crippen LogP) is 4.93. The molecule has 1 fully saturated rings. The van der Waals surface area contributed by atoms with Crippen molar-refractivity contribution < 1.29 is 6.22 Å². The van der Waals surface area contributed by atoms with Crippen LogP contribution in [0.25, 0.3) is 10.2 Å². The molecule has 0 atom stereocenters. The Morgan fingerprint density at radius 1 is 1.10 bits per heavy atom. The number of benzene rings is 2. The first kappa shape index (κ1) is 24.2. The Hall–Kier alpha value is -2.09. The van der Waals surface area contributed by atoms with Crippen LogP contribution in [0.3, 0.4) is 0 Å². The van der Waals surface area contributed by atoms with Gasteiger partial charge in [-0.05, 0) is 29.5 Å². The second-order valence-electron chi connectivity index (χ2n) is 6.56. The Bertz CT molecular complexity index is 894. The standard InChI is InChI=1S/C19H20N4OS.C2H6S.C2H6.H2/c20-18(24)15-6-2-1-5-14(15)13-22-9-11-23(12-10-22)19-21-16-7-3-4-8-17(16)25-19;1-2-3;1-2;/h1-8H,9-13H2,(H2,20,24);3H,2H2,1H3;1-2H3;1H. The second kappa shape index (κ2) is 12.6. The van der Waals surface area contributed by atoms with Crippen LogP contribution in [-0.4, -0.2) is 47.7 Å². The van der Waals surface area contributed by atoms with Crippen LogP contribution in [0.15, 0.2) is 48.5 Å². The molecule has 4 rings (SSSR count). The maximum Gasteiger partial charge on any atom is 0.249 e. The molecule has 2 aromatic carbocycles. The molecule has 0 unspecified atom stereocenters. The molecule has 3 aromatic rings. The number of piperazine rings is 1. The van der Waals surface area contributed by atoms with Gasteiger partial charge < -0.3 is 10.6 Å². The quantitative estimate of drug-likeness (QED) is 0.558. The molecule has 30 heavy (non-hydrogen) atoms. The van der Waals surface area contributed by atoms with Crippen molar-refractivity contribution in [3.8, 4) is 0 Å². The number of anilines is 1. The third kappa shape index (κ3) is 6.45. The molecule has 1 amide bonds. The zero-order valence-electron chi connectivity index (χ0n) is 18.0. The Labute approximate surface area is 190 Å². The van der Waals surface area contributed by atoms with Gasteiger partial charge in [-0.2, -0.15) is 12.6 Å². The van der Waals surface area contributed by atoms with Gasteiger partial charge >= 0.3 is 0 Å². The lowest BCUT2D eigenvalue weighted by molar-refractivity contribution is 0.0998. The second-order valence-corrected chi connectivity index (χ2v) is 8.21. The number of amides is 1. The number of thiazole rings is 1. The van der Waals surface area contributed by atoms with Gasteiger partial charge in [0, 0.05) is 39.7 Å². The minimum Gasteiger partial charge on any atom is -0.366 e. The number of carbonyl (C=O) groups is 1. The van der Waals surface area contributed by atoms with Crippen molar-refractivity contribution in [3.05, 3.63) is 59.7 Å². The van der Waals surface area contributed by atoms with Crippen LogP contribution >= 0.6 is 24.0 Å². The van der Waals surface area contributed by atoms with Crippen molar-refractivity contribution in [1.29, 1.82) is 0 Å². The molecule has 1 aliphatic rings. The summed E-state index contributed by atoms with van der Waals surface area (Å²) in [6.07, 6.45) is 0. The van der Waals surface area contributed by atoms with Crippen LogP contribution in [0, 0.1) is 0 Å². The number of thiol groups is 1. The van der Waals surface area contributed by atoms with E-state index < -0.39 is 0 Å².